The van der Waals surface area contributed by atoms with E-state index in [0.29, 0.717) is 12.8 Å². The van der Waals surface area contributed by atoms with E-state index < -0.39 is 6.04 Å². The first-order valence-corrected chi connectivity index (χ1v) is 8.07. The van der Waals surface area contributed by atoms with Crippen molar-refractivity contribution in [1.82, 2.24) is 10.4 Å². The summed E-state index contributed by atoms with van der Waals surface area (Å²) in [7, 11) is 3.24. The number of hydrogen-bond acceptors (Lipinski definition) is 5. The molecule has 24 heavy (non-hydrogen) atoms. The van der Waals surface area contributed by atoms with Crippen LogP contribution in [0.5, 0.6) is 5.75 Å². The molecule has 0 spiro atoms. The van der Waals surface area contributed by atoms with E-state index in [4.69, 9.17) is 4.84 Å². The summed E-state index contributed by atoms with van der Waals surface area (Å²) >= 11 is 0. The van der Waals surface area contributed by atoms with Crippen LogP contribution in [0.2, 0.25) is 0 Å². The Labute approximate surface area is 142 Å². The molecule has 130 valence electrons. The highest BCUT2D eigenvalue weighted by Crippen LogP contribution is 2.32. The molecule has 0 saturated heterocycles. The van der Waals surface area contributed by atoms with Crippen LogP contribution in [0.3, 0.4) is 0 Å². The maximum Gasteiger partial charge on any atom is 0.239 e. The zero-order valence-corrected chi connectivity index (χ0v) is 14.1. The van der Waals surface area contributed by atoms with Crippen LogP contribution in [-0.4, -0.2) is 42.5 Å². The van der Waals surface area contributed by atoms with Gasteiger partial charge in [-0.25, -0.2) is 0 Å². The third kappa shape index (κ3) is 5.18. The van der Waals surface area contributed by atoms with Crippen molar-refractivity contribution in [3.63, 3.8) is 0 Å². The van der Waals surface area contributed by atoms with Gasteiger partial charge in [0.1, 0.15) is 18.1 Å². The van der Waals surface area contributed by atoms with Gasteiger partial charge in [0.2, 0.25) is 5.91 Å². The summed E-state index contributed by atoms with van der Waals surface area (Å²) in [6.07, 6.45) is 5.75. The molecule has 0 aliphatic heterocycles. The second-order valence-electron chi connectivity index (χ2n) is 5.88. The summed E-state index contributed by atoms with van der Waals surface area (Å²) < 4.78 is 0. The lowest BCUT2D eigenvalue weighted by Crippen LogP contribution is -2.44. The van der Waals surface area contributed by atoms with Crippen LogP contribution in [-0.2, 0) is 21.0 Å². The van der Waals surface area contributed by atoms with Gasteiger partial charge >= 0.3 is 0 Å². The highest BCUT2D eigenvalue weighted by molar-refractivity contribution is 5.81. The largest absolute Gasteiger partial charge is 0.508 e. The molecule has 1 amide bonds. The Morgan fingerprint density at radius 3 is 2.83 bits per heavy atom. The van der Waals surface area contributed by atoms with E-state index in [1.807, 2.05) is 6.07 Å². The number of nitrogens with one attached hydrogen (secondary N) is 1. The molecule has 0 radical (unpaired) electrons. The van der Waals surface area contributed by atoms with Gasteiger partial charge in [-0.15, -0.1) is 0 Å². The van der Waals surface area contributed by atoms with Crippen molar-refractivity contribution in [2.45, 2.75) is 38.3 Å². The van der Waals surface area contributed by atoms with Gasteiger partial charge in [-0.1, -0.05) is 17.7 Å². The van der Waals surface area contributed by atoms with Crippen molar-refractivity contribution in [3.05, 3.63) is 34.9 Å². The maximum absolute atomic E-state index is 11.9. The van der Waals surface area contributed by atoms with E-state index in [2.05, 4.69) is 11.4 Å². The van der Waals surface area contributed by atoms with Crippen molar-refractivity contribution < 1.29 is 19.5 Å². The lowest BCUT2D eigenvalue weighted by Gasteiger charge is -2.25. The first-order valence-electron chi connectivity index (χ1n) is 8.07. The number of hydroxylamine groups is 2. The van der Waals surface area contributed by atoms with Gasteiger partial charge in [0.25, 0.3) is 0 Å². The Kier molecular flexibility index (Phi) is 6.52. The van der Waals surface area contributed by atoms with Crippen LogP contribution < -0.4 is 5.32 Å². The second kappa shape index (κ2) is 8.61. The SMILES string of the molecule is CNC(=O)C(CCC=O)N(C)OCc1ccc(O)cc1C=C1CC1. The molecular weight excluding hydrogens is 308 g/mol. The third-order valence-electron chi connectivity index (χ3n) is 4.00. The molecule has 1 unspecified atom stereocenters. The molecule has 0 heterocycles. The van der Waals surface area contributed by atoms with Crippen molar-refractivity contribution in [3.8, 4) is 5.75 Å². The van der Waals surface area contributed by atoms with Crippen LogP contribution >= 0.6 is 0 Å². The number of amides is 1. The number of aldehydes is 1. The standard InChI is InChI=1S/C18H24N2O4/c1-19-18(23)17(4-3-9-21)20(2)24-12-14-7-8-16(22)11-15(14)10-13-5-6-13/h7-11,17,22H,3-6,12H2,1-2H3,(H,19,23). The number of aromatic hydroxyl groups is 1. The van der Waals surface area contributed by atoms with Gasteiger partial charge in [-0.05, 0) is 42.5 Å². The number of carbonyl (C=O) groups is 2. The topological polar surface area (TPSA) is 78.9 Å². The quantitative estimate of drug-likeness (QED) is 0.534. The Hall–Kier alpha value is -2.18. The predicted octanol–water partition coefficient (Wildman–Crippen LogP) is 2.03. The monoisotopic (exact) mass is 332 g/mol. The zero-order chi connectivity index (χ0) is 17.5. The molecule has 6 heteroatoms. The lowest BCUT2D eigenvalue weighted by atomic mass is 10.1. The Morgan fingerprint density at radius 2 is 2.21 bits per heavy atom. The summed E-state index contributed by atoms with van der Waals surface area (Å²) in [4.78, 5) is 28.3. The van der Waals surface area contributed by atoms with E-state index in [-0.39, 0.29) is 18.3 Å². The molecule has 1 aliphatic carbocycles. The smallest absolute Gasteiger partial charge is 0.239 e. The van der Waals surface area contributed by atoms with Crippen molar-refractivity contribution in [2.75, 3.05) is 14.1 Å². The number of allylic oxidation sites excluding steroid dienone is 1. The third-order valence-corrected chi connectivity index (χ3v) is 4.00. The normalized spacial score (nSPS) is 14.4. The molecule has 0 aromatic heterocycles. The minimum absolute atomic E-state index is 0.189. The average molecular weight is 332 g/mol. The van der Waals surface area contributed by atoms with Gasteiger partial charge in [0.15, 0.2) is 0 Å². The summed E-state index contributed by atoms with van der Waals surface area (Å²) in [5.74, 6) is 0.0270. The van der Waals surface area contributed by atoms with Crippen LogP contribution in [0.15, 0.2) is 23.8 Å². The van der Waals surface area contributed by atoms with Crippen LogP contribution in [0.1, 0.15) is 36.8 Å². The Morgan fingerprint density at radius 1 is 1.46 bits per heavy atom. The number of phenolic OH excluding ortho intramolecular Hbond substituents is 1. The van der Waals surface area contributed by atoms with Crippen LogP contribution in [0, 0.1) is 0 Å². The number of carbonyl (C=O) groups excluding carboxylic acids is 2. The van der Waals surface area contributed by atoms with Gasteiger partial charge < -0.3 is 15.2 Å². The molecule has 1 atom stereocenters. The maximum atomic E-state index is 11.9. The molecule has 1 aromatic carbocycles. The average Bonchev–Trinajstić information content (AvgIpc) is 3.38. The number of likely N-dealkylation sites (N-methyl/N-ethyl adjacent to an activating group) is 2. The fourth-order valence-corrected chi connectivity index (χ4v) is 2.42. The zero-order valence-electron chi connectivity index (χ0n) is 14.1. The highest BCUT2D eigenvalue weighted by atomic mass is 16.7. The second-order valence-corrected chi connectivity index (χ2v) is 5.88. The molecule has 1 aromatic rings. The minimum Gasteiger partial charge on any atom is -0.508 e. The fraction of sp³-hybridized carbons (Fsp3) is 0.444. The molecule has 6 nitrogen and oxygen atoms in total. The van der Waals surface area contributed by atoms with Crippen molar-refractivity contribution >= 4 is 18.3 Å². The van der Waals surface area contributed by atoms with E-state index in [0.717, 1.165) is 30.3 Å². The summed E-state index contributed by atoms with van der Waals surface area (Å²) in [5, 5.41) is 13.7. The van der Waals surface area contributed by atoms with Crippen molar-refractivity contribution in [2.24, 2.45) is 0 Å². The van der Waals surface area contributed by atoms with Gasteiger partial charge in [0.05, 0.1) is 6.61 Å². The van der Waals surface area contributed by atoms with Crippen LogP contribution in [0.25, 0.3) is 6.08 Å². The van der Waals surface area contributed by atoms with Crippen LogP contribution in [0.4, 0.5) is 0 Å². The lowest BCUT2D eigenvalue weighted by molar-refractivity contribution is -0.185. The molecule has 2 rings (SSSR count). The Bertz CT molecular complexity index is 621. The molecule has 0 bridgehead atoms. The number of nitrogens with zero attached hydrogens (tertiary/aromatic N) is 1. The van der Waals surface area contributed by atoms with Gasteiger partial charge in [-0.2, -0.15) is 5.06 Å². The van der Waals surface area contributed by atoms with Crippen molar-refractivity contribution in [1.29, 1.82) is 0 Å². The van der Waals surface area contributed by atoms with Gasteiger partial charge in [0, 0.05) is 20.5 Å². The molecular formula is C18H24N2O4. The first-order chi connectivity index (χ1) is 11.5. The first kappa shape index (κ1) is 18.2. The number of benzene rings is 1. The van der Waals surface area contributed by atoms with Gasteiger partial charge in [-0.3, -0.25) is 9.63 Å². The number of phenols is 1. The van der Waals surface area contributed by atoms with E-state index >= 15 is 0 Å². The number of rotatable bonds is 9. The van der Waals surface area contributed by atoms with E-state index in [1.165, 1.54) is 10.6 Å². The Balaban J connectivity index is 2.04. The minimum atomic E-state index is -0.525. The number of hydrogen-bond donors (Lipinski definition) is 2. The molecule has 1 fully saturated rings. The highest BCUT2D eigenvalue weighted by Gasteiger charge is 2.23. The predicted molar refractivity (Wildman–Crippen MR) is 91.0 cm³/mol. The van der Waals surface area contributed by atoms with E-state index in [9.17, 15) is 14.7 Å². The molecule has 1 aliphatic rings. The molecule has 2 N–H and O–H groups in total. The summed E-state index contributed by atoms with van der Waals surface area (Å²) in [6.45, 7) is 0.282. The van der Waals surface area contributed by atoms with E-state index in [1.54, 1.807) is 26.2 Å². The summed E-state index contributed by atoms with van der Waals surface area (Å²) in [6, 6.07) is 4.63. The summed E-state index contributed by atoms with van der Waals surface area (Å²) in [5.41, 5.74) is 3.22. The fourth-order valence-electron chi connectivity index (χ4n) is 2.42. The molecule has 1 saturated carbocycles.